The maximum absolute atomic E-state index is 12.2. The van der Waals surface area contributed by atoms with Crippen LogP contribution in [0.4, 0.5) is 22.7 Å². The Morgan fingerprint density at radius 2 is 1.12 bits per heavy atom. The zero-order chi connectivity index (χ0) is 23.5. The van der Waals surface area contributed by atoms with Crippen molar-refractivity contribution in [3.8, 4) is 0 Å². The Balaban J connectivity index is 1.75. The molecule has 4 rings (SSSR count). The van der Waals surface area contributed by atoms with Crippen LogP contribution in [0, 0.1) is 0 Å². The zero-order valence-corrected chi connectivity index (χ0v) is 17.7. The molecule has 9 heteroatoms. The third kappa shape index (κ3) is 4.38. The van der Waals surface area contributed by atoms with Crippen LogP contribution in [0.15, 0.2) is 60.7 Å². The van der Waals surface area contributed by atoms with Crippen molar-refractivity contribution in [1.82, 2.24) is 5.32 Å². The molecule has 0 unspecified atom stereocenters. The second-order valence-electron chi connectivity index (χ2n) is 7.12. The van der Waals surface area contributed by atoms with Gasteiger partial charge in [-0.25, -0.2) is 9.59 Å². The minimum atomic E-state index is -0.499. The molecule has 0 spiro atoms. The van der Waals surface area contributed by atoms with E-state index in [0.29, 0.717) is 33.9 Å². The van der Waals surface area contributed by atoms with Crippen LogP contribution in [0.2, 0.25) is 0 Å². The third-order valence-electron chi connectivity index (χ3n) is 5.00. The van der Waals surface area contributed by atoms with Crippen molar-refractivity contribution in [2.45, 2.75) is 0 Å². The summed E-state index contributed by atoms with van der Waals surface area (Å²) in [5, 5.41) is 8.62. The van der Waals surface area contributed by atoms with E-state index >= 15 is 0 Å². The van der Waals surface area contributed by atoms with Crippen molar-refractivity contribution in [3.05, 3.63) is 82.9 Å². The van der Waals surface area contributed by atoms with Gasteiger partial charge in [-0.15, -0.1) is 0 Å². The molecule has 1 aliphatic heterocycles. The number of fused-ring (bicyclic) bond motifs is 1. The molecule has 33 heavy (non-hydrogen) atoms. The predicted octanol–water partition coefficient (Wildman–Crippen LogP) is 3.63. The number of carbonyl (C=O) groups is 4. The zero-order valence-electron chi connectivity index (χ0n) is 17.7. The van der Waals surface area contributed by atoms with Crippen LogP contribution in [0.3, 0.4) is 0 Å². The average Bonchev–Trinajstić information content (AvgIpc) is 3.10. The topological polar surface area (TPSA) is 123 Å². The fraction of sp³-hybridized carbons (Fsp3) is 0.0833. The lowest BCUT2D eigenvalue weighted by Gasteiger charge is -2.16. The quantitative estimate of drug-likeness (QED) is 0.388. The molecule has 9 nitrogen and oxygen atoms in total. The summed E-state index contributed by atoms with van der Waals surface area (Å²) in [4.78, 5) is 48.1. The maximum atomic E-state index is 12.2. The molecule has 0 fully saturated rings. The Kier molecular flexibility index (Phi) is 5.77. The number of imide groups is 1. The highest BCUT2D eigenvalue weighted by Gasteiger charge is 2.28. The summed E-state index contributed by atoms with van der Waals surface area (Å²) < 4.78 is 9.53. The highest BCUT2D eigenvalue weighted by atomic mass is 16.5. The van der Waals surface area contributed by atoms with E-state index in [9.17, 15) is 19.2 Å². The molecule has 0 atom stereocenters. The number of esters is 2. The van der Waals surface area contributed by atoms with Gasteiger partial charge in [0.15, 0.2) is 0 Å². The van der Waals surface area contributed by atoms with Crippen molar-refractivity contribution < 1.29 is 28.7 Å². The largest absolute Gasteiger partial charge is 0.465 e. The summed E-state index contributed by atoms with van der Waals surface area (Å²) in [7, 11) is 2.59. The van der Waals surface area contributed by atoms with Crippen molar-refractivity contribution in [2.24, 2.45) is 0 Å². The van der Waals surface area contributed by atoms with Crippen molar-refractivity contribution in [2.75, 3.05) is 24.9 Å². The minimum Gasteiger partial charge on any atom is -0.465 e. The summed E-state index contributed by atoms with van der Waals surface area (Å²) in [6.45, 7) is 0. The van der Waals surface area contributed by atoms with Gasteiger partial charge in [0.05, 0.1) is 47.8 Å². The van der Waals surface area contributed by atoms with Crippen LogP contribution in [-0.4, -0.2) is 38.0 Å². The highest BCUT2D eigenvalue weighted by molar-refractivity contribution is 6.22. The minimum absolute atomic E-state index is 0.223. The smallest absolute Gasteiger partial charge is 0.337 e. The Hall–Kier alpha value is -4.66. The van der Waals surface area contributed by atoms with Crippen LogP contribution >= 0.6 is 0 Å². The Morgan fingerprint density at radius 1 is 0.697 bits per heavy atom. The first kappa shape index (κ1) is 21.6. The molecular weight excluding hydrogens is 426 g/mol. The molecule has 3 N–H and O–H groups in total. The van der Waals surface area contributed by atoms with E-state index < -0.39 is 23.8 Å². The molecular formula is C24H19N3O6. The molecule has 3 aromatic rings. The number of anilines is 4. The number of hydrogen-bond donors (Lipinski definition) is 3. The number of methoxy groups -OCH3 is 2. The first-order chi connectivity index (χ1) is 15.9. The molecule has 0 bridgehead atoms. The van der Waals surface area contributed by atoms with E-state index in [1.807, 2.05) is 0 Å². The van der Waals surface area contributed by atoms with Crippen LogP contribution in [0.5, 0.6) is 0 Å². The molecule has 1 aliphatic rings. The number of nitrogens with one attached hydrogen (secondary N) is 3. The fourth-order valence-corrected chi connectivity index (χ4v) is 3.41. The van der Waals surface area contributed by atoms with Gasteiger partial charge in [-0.2, -0.15) is 0 Å². The molecule has 3 aromatic carbocycles. The lowest BCUT2D eigenvalue weighted by Crippen LogP contribution is -2.19. The Labute approximate surface area is 188 Å². The summed E-state index contributed by atoms with van der Waals surface area (Å²) in [5.74, 6) is -1.98. The molecule has 0 aromatic heterocycles. The van der Waals surface area contributed by atoms with Gasteiger partial charge in [0.25, 0.3) is 11.8 Å². The van der Waals surface area contributed by atoms with Crippen LogP contribution in [-0.2, 0) is 9.47 Å². The normalized spacial score (nSPS) is 11.9. The number of hydrogen-bond acceptors (Lipinski definition) is 8. The average molecular weight is 445 g/mol. The predicted molar refractivity (Wildman–Crippen MR) is 120 cm³/mol. The van der Waals surface area contributed by atoms with Crippen molar-refractivity contribution >= 4 is 46.5 Å². The molecule has 1 heterocycles. The molecule has 166 valence electrons. The summed E-state index contributed by atoms with van der Waals surface area (Å²) in [5.41, 5.74) is 3.21. The molecule has 0 saturated heterocycles. The lowest BCUT2D eigenvalue weighted by molar-refractivity contribution is 0.0592. The van der Waals surface area contributed by atoms with Crippen LogP contribution < -0.4 is 16.0 Å². The van der Waals surface area contributed by atoms with Crippen LogP contribution in [0.25, 0.3) is 0 Å². The van der Waals surface area contributed by atoms with Gasteiger partial charge in [-0.3, -0.25) is 14.9 Å². The summed E-state index contributed by atoms with van der Waals surface area (Å²) in [6.07, 6.45) is 0. The first-order valence-corrected chi connectivity index (χ1v) is 9.84. The van der Waals surface area contributed by atoms with E-state index in [-0.39, 0.29) is 11.1 Å². The van der Waals surface area contributed by atoms with E-state index in [2.05, 4.69) is 16.0 Å². The summed E-state index contributed by atoms with van der Waals surface area (Å²) in [6, 6.07) is 16.4. The molecule has 0 radical (unpaired) electrons. The van der Waals surface area contributed by atoms with Gasteiger partial charge in [0, 0.05) is 11.4 Å². The van der Waals surface area contributed by atoms with Gasteiger partial charge >= 0.3 is 11.9 Å². The monoisotopic (exact) mass is 445 g/mol. The van der Waals surface area contributed by atoms with Gasteiger partial charge in [0.2, 0.25) is 0 Å². The molecule has 0 saturated carbocycles. The maximum Gasteiger partial charge on any atom is 0.337 e. The lowest BCUT2D eigenvalue weighted by atomic mass is 10.1. The second kappa shape index (κ2) is 8.83. The first-order valence-electron chi connectivity index (χ1n) is 9.84. The SMILES string of the molecule is COC(=O)c1cccc(Nc2cc3c(cc2Nc2cccc(C(=O)OC)c2)C(=O)NC3=O)c1. The standard InChI is InChI=1S/C24H19N3O6/c1-32-23(30)13-5-3-7-15(9-13)25-19-11-17-18(22(29)27-21(17)28)12-20(19)26-16-8-4-6-14(10-16)24(31)33-2/h3-12,25-26H,1-2H3,(H,27,28,29). The Morgan fingerprint density at radius 3 is 1.52 bits per heavy atom. The van der Waals surface area contributed by atoms with Gasteiger partial charge in [0.1, 0.15) is 0 Å². The third-order valence-corrected chi connectivity index (χ3v) is 5.00. The second-order valence-corrected chi connectivity index (χ2v) is 7.12. The van der Waals surface area contributed by atoms with E-state index in [1.54, 1.807) is 60.7 Å². The number of ether oxygens (including phenoxy) is 2. The van der Waals surface area contributed by atoms with Crippen molar-refractivity contribution in [3.63, 3.8) is 0 Å². The Bertz CT molecular complexity index is 1200. The fourth-order valence-electron chi connectivity index (χ4n) is 3.41. The number of benzene rings is 3. The number of carbonyl (C=O) groups excluding carboxylic acids is 4. The van der Waals surface area contributed by atoms with Gasteiger partial charge < -0.3 is 20.1 Å². The summed E-state index contributed by atoms with van der Waals surface area (Å²) >= 11 is 0. The van der Waals surface area contributed by atoms with E-state index in [0.717, 1.165) is 0 Å². The molecule has 0 aliphatic carbocycles. The highest BCUT2D eigenvalue weighted by Crippen LogP contribution is 2.34. The van der Waals surface area contributed by atoms with Gasteiger partial charge in [-0.1, -0.05) is 12.1 Å². The van der Waals surface area contributed by atoms with Crippen molar-refractivity contribution in [1.29, 1.82) is 0 Å². The van der Waals surface area contributed by atoms with Gasteiger partial charge in [-0.05, 0) is 48.5 Å². The number of amides is 2. The van der Waals surface area contributed by atoms with E-state index in [1.165, 1.54) is 14.2 Å². The van der Waals surface area contributed by atoms with Crippen LogP contribution in [0.1, 0.15) is 41.4 Å². The number of rotatable bonds is 6. The van der Waals surface area contributed by atoms with E-state index in [4.69, 9.17) is 9.47 Å². The molecule has 2 amide bonds.